The summed E-state index contributed by atoms with van der Waals surface area (Å²) in [5.41, 5.74) is 1.41. The predicted molar refractivity (Wildman–Crippen MR) is 56.5 cm³/mol. The molecule has 1 N–H and O–H groups in total. The number of carbonyl (C=O) groups is 1. The van der Waals surface area contributed by atoms with Gasteiger partial charge in [-0.1, -0.05) is 6.07 Å². The zero-order valence-electron chi connectivity index (χ0n) is 8.50. The third-order valence-electron chi connectivity index (χ3n) is 2.86. The lowest BCUT2D eigenvalue weighted by molar-refractivity contribution is 0.112. The van der Waals surface area contributed by atoms with Crippen molar-refractivity contribution in [2.45, 2.75) is 25.3 Å². The van der Waals surface area contributed by atoms with Crippen molar-refractivity contribution in [2.24, 2.45) is 0 Å². The molecular formula is C12H14FNO. The zero-order chi connectivity index (χ0) is 10.7. The van der Waals surface area contributed by atoms with Gasteiger partial charge in [-0.3, -0.25) is 4.79 Å². The minimum absolute atomic E-state index is 0.347. The fourth-order valence-electron chi connectivity index (χ4n) is 2.06. The van der Waals surface area contributed by atoms with Crippen molar-refractivity contribution in [2.75, 3.05) is 6.54 Å². The van der Waals surface area contributed by atoms with Crippen LogP contribution in [-0.2, 0) is 6.42 Å². The summed E-state index contributed by atoms with van der Waals surface area (Å²) in [4.78, 5) is 10.8. The summed E-state index contributed by atoms with van der Waals surface area (Å²) in [6.45, 7) is 1.04. The molecular weight excluding hydrogens is 193 g/mol. The summed E-state index contributed by atoms with van der Waals surface area (Å²) in [5.74, 6) is -0.347. The van der Waals surface area contributed by atoms with Gasteiger partial charge in [0.2, 0.25) is 0 Å². The van der Waals surface area contributed by atoms with Gasteiger partial charge in [0.15, 0.2) is 0 Å². The molecule has 1 aromatic rings. The molecule has 1 aliphatic rings. The summed E-state index contributed by atoms with van der Waals surface area (Å²) in [7, 11) is 0. The number of aldehydes is 1. The molecule has 0 aliphatic carbocycles. The zero-order valence-corrected chi connectivity index (χ0v) is 8.50. The van der Waals surface area contributed by atoms with Crippen LogP contribution in [0.4, 0.5) is 4.39 Å². The molecule has 3 heteroatoms. The van der Waals surface area contributed by atoms with E-state index in [4.69, 9.17) is 0 Å². The molecule has 0 spiro atoms. The first-order valence-corrected chi connectivity index (χ1v) is 5.26. The number of carbonyl (C=O) groups excluding carboxylic acids is 1. The van der Waals surface area contributed by atoms with E-state index < -0.39 is 0 Å². The van der Waals surface area contributed by atoms with Gasteiger partial charge < -0.3 is 5.32 Å². The first-order chi connectivity index (χ1) is 7.29. The van der Waals surface area contributed by atoms with Gasteiger partial charge in [-0.05, 0) is 43.5 Å². The number of hydrogen-bond acceptors (Lipinski definition) is 2. The van der Waals surface area contributed by atoms with Crippen LogP contribution in [0.15, 0.2) is 18.2 Å². The van der Waals surface area contributed by atoms with Gasteiger partial charge in [0.25, 0.3) is 0 Å². The van der Waals surface area contributed by atoms with Gasteiger partial charge in [0.1, 0.15) is 12.1 Å². The van der Waals surface area contributed by atoms with Crippen LogP contribution in [0.3, 0.4) is 0 Å². The third kappa shape index (κ3) is 2.42. The maximum Gasteiger partial charge on any atom is 0.150 e. The molecule has 0 aromatic heterocycles. The van der Waals surface area contributed by atoms with Crippen molar-refractivity contribution in [3.63, 3.8) is 0 Å². The molecule has 1 atom stereocenters. The molecule has 1 heterocycles. The summed E-state index contributed by atoms with van der Waals surface area (Å²) in [6, 6.07) is 4.86. The Hall–Kier alpha value is -1.22. The molecule has 80 valence electrons. The lowest BCUT2D eigenvalue weighted by Gasteiger charge is -2.11. The van der Waals surface area contributed by atoms with Gasteiger partial charge in [-0.2, -0.15) is 0 Å². The van der Waals surface area contributed by atoms with E-state index in [1.807, 2.05) is 0 Å². The van der Waals surface area contributed by atoms with Crippen LogP contribution >= 0.6 is 0 Å². The second kappa shape index (κ2) is 4.53. The minimum Gasteiger partial charge on any atom is -0.314 e. The Labute approximate surface area is 88.5 Å². The Morgan fingerprint density at radius 3 is 3.07 bits per heavy atom. The highest BCUT2D eigenvalue weighted by Gasteiger charge is 2.16. The van der Waals surface area contributed by atoms with E-state index in [-0.39, 0.29) is 5.82 Å². The Balaban J connectivity index is 2.15. The SMILES string of the molecule is O=Cc1cc(F)ccc1CC1CCCN1. The van der Waals surface area contributed by atoms with Crippen LogP contribution in [0.25, 0.3) is 0 Å². The van der Waals surface area contributed by atoms with Crippen LogP contribution < -0.4 is 5.32 Å². The fraction of sp³-hybridized carbons (Fsp3) is 0.417. The quantitative estimate of drug-likeness (QED) is 0.767. The maximum atomic E-state index is 12.9. The van der Waals surface area contributed by atoms with Gasteiger partial charge in [0.05, 0.1) is 0 Å². The van der Waals surface area contributed by atoms with Crippen LogP contribution in [0.5, 0.6) is 0 Å². The molecule has 0 saturated carbocycles. The second-order valence-corrected chi connectivity index (χ2v) is 3.96. The average molecular weight is 207 g/mol. The van der Waals surface area contributed by atoms with Gasteiger partial charge in [-0.15, -0.1) is 0 Å². The largest absolute Gasteiger partial charge is 0.314 e. The fourth-order valence-corrected chi connectivity index (χ4v) is 2.06. The van der Waals surface area contributed by atoms with Crippen LogP contribution in [0, 0.1) is 5.82 Å². The van der Waals surface area contributed by atoms with E-state index >= 15 is 0 Å². The topological polar surface area (TPSA) is 29.1 Å². The van der Waals surface area contributed by atoms with Crippen LogP contribution in [0.2, 0.25) is 0 Å². The van der Waals surface area contributed by atoms with Crippen molar-refractivity contribution < 1.29 is 9.18 Å². The molecule has 15 heavy (non-hydrogen) atoms. The molecule has 1 saturated heterocycles. The van der Waals surface area contributed by atoms with Gasteiger partial charge in [0, 0.05) is 11.6 Å². The number of benzene rings is 1. The molecule has 2 nitrogen and oxygen atoms in total. The first-order valence-electron chi connectivity index (χ1n) is 5.26. The van der Waals surface area contributed by atoms with E-state index in [0.29, 0.717) is 11.6 Å². The highest BCUT2D eigenvalue weighted by molar-refractivity contribution is 5.77. The Kier molecular flexibility index (Phi) is 3.11. The molecule has 1 unspecified atom stereocenters. The normalized spacial score (nSPS) is 20.5. The number of nitrogens with one attached hydrogen (secondary N) is 1. The predicted octanol–water partition coefficient (Wildman–Crippen LogP) is 1.93. The molecule has 1 fully saturated rings. The number of rotatable bonds is 3. The van der Waals surface area contributed by atoms with Crippen molar-refractivity contribution in [3.8, 4) is 0 Å². The summed E-state index contributed by atoms with van der Waals surface area (Å²) >= 11 is 0. The minimum atomic E-state index is -0.347. The Bertz CT molecular complexity index is 359. The molecule has 0 amide bonds. The third-order valence-corrected chi connectivity index (χ3v) is 2.86. The second-order valence-electron chi connectivity index (χ2n) is 3.96. The van der Waals surface area contributed by atoms with Crippen LogP contribution in [-0.4, -0.2) is 18.9 Å². The van der Waals surface area contributed by atoms with Crippen molar-refractivity contribution in [3.05, 3.63) is 35.1 Å². The van der Waals surface area contributed by atoms with E-state index in [9.17, 15) is 9.18 Å². The molecule has 0 radical (unpaired) electrons. The van der Waals surface area contributed by atoms with Crippen molar-refractivity contribution >= 4 is 6.29 Å². The maximum absolute atomic E-state index is 12.9. The molecule has 0 bridgehead atoms. The highest BCUT2D eigenvalue weighted by atomic mass is 19.1. The monoisotopic (exact) mass is 207 g/mol. The van der Waals surface area contributed by atoms with E-state index in [1.54, 1.807) is 6.07 Å². The number of halogens is 1. The standard InChI is InChI=1S/C12H14FNO/c13-11-4-3-9(10(6-11)8-15)7-12-2-1-5-14-12/h3-4,6,8,12,14H,1-2,5,7H2. The Morgan fingerprint density at radius 2 is 2.40 bits per heavy atom. The summed E-state index contributed by atoms with van der Waals surface area (Å²) < 4.78 is 12.9. The highest BCUT2D eigenvalue weighted by Crippen LogP contribution is 2.15. The molecule has 1 aromatic carbocycles. The van der Waals surface area contributed by atoms with Crippen LogP contribution in [0.1, 0.15) is 28.8 Å². The lowest BCUT2D eigenvalue weighted by Crippen LogP contribution is -2.24. The average Bonchev–Trinajstić information content (AvgIpc) is 2.73. The van der Waals surface area contributed by atoms with E-state index in [0.717, 1.165) is 31.2 Å². The summed E-state index contributed by atoms with van der Waals surface area (Å²) in [6.07, 6.45) is 3.86. The lowest BCUT2D eigenvalue weighted by atomic mass is 10.00. The summed E-state index contributed by atoms with van der Waals surface area (Å²) in [5, 5.41) is 3.36. The van der Waals surface area contributed by atoms with E-state index in [1.165, 1.54) is 18.6 Å². The van der Waals surface area contributed by atoms with Crippen molar-refractivity contribution in [1.29, 1.82) is 0 Å². The molecule has 1 aliphatic heterocycles. The van der Waals surface area contributed by atoms with E-state index in [2.05, 4.69) is 5.32 Å². The van der Waals surface area contributed by atoms with Crippen molar-refractivity contribution in [1.82, 2.24) is 5.32 Å². The number of hydrogen-bond donors (Lipinski definition) is 1. The van der Waals surface area contributed by atoms with Gasteiger partial charge in [-0.25, -0.2) is 4.39 Å². The van der Waals surface area contributed by atoms with Gasteiger partial charge >= 0.3 is 0 Å². The smallest absolute Gasteiger partial charge is 0.150 e. The first kappa shape index (κ1) is 10.3. The molecule has 2 rings (SSSR count). The Morgan fingerprint density at radius 1 is 1.53 bits per heavy atom.